The number of furan rings is 1. The summed E-state index contributed by atoms with van der Waals surface area (Å²) >= 11 is 9.74. The lowest BCUT2D eigenvalue weighted by atomic mass is 10.1. The quantitative estimate of drug-likeness (QED) is 0.395. The number of benzene rings is 2. The van der Waals surface area contributed by atoms with Crippen molar-refractivity contribution >= 4 is 60.4 Å². The minimum atomic E-state index is 0.496. The molecule has 4 aromatic rings. The summed E-state index contributed by atoms with van der Waals surface area (Å²) in [4.78, 5) is 4.48. The van der Waals surface area contributed by atoms with E-state index >= 15 is 0 Å². The fourth-order valence-electron chi connectivity index (χ4n) is 2.37. The lowest BCUT2D eigenvalue weighted by Crippen LogP contribution is -1.82. The maximum Gasteiger partial charge on any atom is 0.161 e. The molecule has 0 atom stereocenters. The van der Waals surface area contributed by atoms with E-state index in [9.17, 15) is 0 Å². The number of rotatable bonds is 0. The van der Waals surface area contributed by atoms with Gasteiger partial charge in [0.05, 0.1) is 0 Å². The summed E-state index contributed by atoms with van der Waals surface area (Å²) in [6, 6.07) is 13.8. The van der Waals surface area contributed by atoms with Gasteiger partial charge < -0.3 is 4.42 Å². The third kappa shape index (κ3) is 1.58. The third-order valence-electron chi connectivity index (χ3n) is 3.23. The zero-order valence-corrected chi connectivity index (χ0v) is 12.0. The maximum atomic E-state index is 6.29. The molecule has 2 heterocycles. The van der Waals surface area contributed by atoms with Gasteiger partial charge in [0.25, 0.3) is 0 Å². The van der Waals surface area contributed by atoms with Crippen molar-refractivity contribution in [2.75, 3.05) is 0 Å². The van der Waals surface area contributed by atoms with E-state index in [1.807, 2.05) is 42.5 Å². The van der Waals surface area contributed by atoms with E-state index in [0.717, 1.165) is 37.3 Å². The van der Waals surface area contributed by atoms with Crippen molar-refractivity contribution in [3.8, 4) is 0 Å². The van der Waals surface area contributed by atoms with Crippen LogP contribution in [0, 0.1) is 0 Å². The number of fused-ring (bicyclic) bond motifs is 5. The standard InChI is InChI=1S/C15H7BrClNO/c16-8-5-6-9-11(7-8)15(17)18-13-10-3-1-2-4-12(10)19-14(9)13/h1-7H. The molecule has 0 N–H and O–H groups in total. The molecular formula is C15H7BrClNO. The van der Waals surface area contributed by atoms with E-state index in [-0.39, 0.29) is 0 Å². The van der Waals surface area contributed by atoms with Crippen LogP contribution in [0.1, 0.15) is 0 Å². The van der Waals surface area contributed by atoms with Gasteiger partial charge in [-0.1, -0.05) is 39.7 Å². The summed E-state index contributed by atoms with van der Waals surface area (Å²) in [6.45, 7) is 0. The molecule has 0 bridgehead atoms. The molecule has 0 aliphatic carbocycles. The van der Waals surface area contributed by atoms with Crippen LogP contribution in [0.2, 0.25) is 5.15 Å². The Morgan fingerprint density at radius 2 is 1.84 bits per heavy atom. The average Bonchev–Trinajstić information content (AvgIpc) is 2.78. The molecule has 0 radical (unpaired) electrons. The molecule has 0 amide bonds. The van der Waals surface area contributed by atoms with E-state index < -0.39 is 0 Å². The van der Waals surface area contributed by atoms with E-state index in [1.54, 1.807) is 0 Å². The highest BCUT2D eigenvalue weighted by molar-refractivity contribution is 9.10. The maximum absolute atomic E-state index is 6.29. The SMILES string of the molecule is Clc1nc2c3ccccc3oc2c2ccc(Br)cc12. The largest absolute Gasteiger partial charge is 0.454 e. The number of halogens is 2. The molecular weight excluding hydrogens is 326 g/mol. The Balaban J connectivity index is 2.32. The highest BCUT2D eigenvalue weighted by Gasteiger charge is 2.14. The van der Waals surface area contributed by atoms with Crippen LogP contribution in [0.15, 0.2) is 51.4 Å². The summed E-state index contributed by atoms with van der Waals surface area (Å²) in [6.07, 6.45) is 0. The number of pyridine rings is 1. The average molecular weight is 333 g/mol. The molecule has 0 unspecified atom stereocenters. The molecule has 2 aromatic carbocycles. The Morgan fingerprint density at radius 1 is 1.00 bits per heavy atom. The van der Waals surface area contributed by atoms with Gasteiger partial charge in [-0.2, -0.15) is 0 Å². The number of aromatic nitrogens is 1. The van der Waals surface area contributed by atoms with Gasteiger partial charge in [-0.15, -0.1) is 0 Å². The smallest absolute Gasteiger partial charge is 0.161 e. The highest BCUT2D eigenvalue weighted by atomic mass is 79.9. The predicted octanol–water partition coefficient (Wildman–Crippen LogP) is 5.55. The molecule has 0 saturated heterocycles. The second kappa shape index (κ2) is 3.95. The number of para-hydroxylation sites is 1. The van der Waals surface area contributed by atoms with Gasteiger partial charge in [0.1, 0.15) is 16.3 Å². The van der Waals surface area contributed by atoms with Crippen molar-refractivity contribution in [3.05, 3.63) is 52.1 Å². The van der Waals surface area contributed by atoms with Gasteiger partial charge in [-0.3, -0.25) is 0 Å². The molecule has 0 fully saturated rings. The Labute approximate surface area is 122 Å². The second-order valence-electron chi connectivity index (χ2n) is 4.37. The zero-order chi connectivity index (χ0) is 13.0. The summed E-state index contributed by atoms with van der Waals surface area (Å²) in [7, 11) is 0. The van der Waals surface area contributed by atoms with E-state index in [4.69, 9.17) is 16.0 Å². The first-order valence-electron chi connectivity index (χ1n) is 5.80. The van der Waals surface area contributed by atoms with Gasteiger partial charge in [0.15, 0.2) is 5.58 Å². The van der Waals surface area contributed by atoms with Gasteiger partial charge >= 0.3 is 0 Å². The minimum absolute atomic E-state index is 0.496. The van der Waals surface area contributed by atoms with Crippen LogP contribution in [-0.2, 0) is 0 Å². The van der Waals surface area contributed by atoms with Crippen molar-refractivity contribution in [3.63, 3.8) is 0 Å². The summed E-state index contributed by atoms with van der Waals surface area (Å²) in [5.74, 6) is 0. The molecule has 0 spiro atoms. The van der Waals surface area contributed by atoms with Crippen molar-refractivity contribution in [2.45, 2.75) is 0 Å². The molecule has 0 aliphatic rings. The van der Waals surface area contributed by atoms with Crippen LogP contribution in [0.3, 0.4) is 0 Å². The molecule has 19 heavy (non-hydrogen) atoms. The Morgan fingerprint density at radius 3 is 2.74 bits per heavy atom. The first kappa shape index (κ1) is 11.3. The number of nitrogens with zero attached hydrogens (tertiary/aromatic N) is 1. The van der Waals surface area contributed by atoms with Gasteiger partial charge in [-0.05, 0) is 30.3 Å². The molecule has 2 aromatic heterocycles. The van der Waals surface area contributed by atoms with Crippen LogP contribution < -0.4 is 0 Å². The number of hydrogen-bond donors (Lipinski definition) is 0. The van der Waals surface area contributed by atoms with Crippen LogP contribution in [0.5, 0.6) is 0 Å². The second-order valence-corrected chi connectivity index (χ2v) is 5.64. The van der Waals surface area contributed by atoms with Crippen LogP contribution in [0.4, 0.5) is 0 Å². The van der Waals surface area contributed by atoms with Gasteiger partial charge in [0.2, 0.25) is 0 Å². The van der Waals surface area contributed by atoms with Gasteiger partial charge in [-0.25, -0.2) is 4.98 Å². The Kier molecular flexibility index (Phi) is 2.34. The van der Waals surface area contributed by atoms with E-state index in [0.29, 0.717) is 5.15 Å². The Bertz CT molecular complexity index is 945. The molecule has 4 rings (SSSR count). The predicted molar refractivity (Wildman–Crippen MR) is 81.7 cm³/mol. The van der Waals surface area contributed by atoms with Crippen molar-refractivity contribution in [2.24, 2.45) is 0 Å². The topological polar surface area (TPSA) is 26.0 Å². The summed E-state index contributed by atoms with van der Waals surface area (Å²) in [5, 5.41) is 3.36. The molecule has 2 nitrogen and oxygen atoms in total. The normalized spacial score (nSPS) is 11.7. The first-order valence-corrected chi connectivity index (χ1v) is 6.97. The highest BCUT2D eigenvalue weighted by Crippen LogP contribution is 2.36. The lowest BCUT2D eigenvalue weighted by molar-refractivity contribution is 0.672. The first-order chi connectivity index (χ1) is 9.24. The van der Waals surface area contributed by atoms with E-state index in [2.05, 4.69) is 20.9 Å². The fourth-order valence-corrected chi connectivity index (χ4v) is 2.97. The van der Waals surface area contributed by atoms with Crippen LogP contribution in [0.25, 0.3) is 32.8 Å². The zero-order valence-electron chi connectivity index (χ0n) is 9.65. The molecule has 0 saturated carbocycles. The monoisotopic (exact) mass is 331 g/mol. The van der Waals surface area contributed by atoms with Crippen LogP contribution in [-0.4, -0.2) is 4.98 Å². The summed E-state index contributed by atoms with van der Waals surface area (Å²) < 4.78 is 6.90. The van der Waals surface area contributed by atoms with Crippen molar-refractivity contribution < 1.29 is 4.42 Å². The fraction of sp³-hybridized carbons (Fsp3) is 0. The van der Waals surface area contributed by atoms with Crippen molar-refractivity contribution in [1.29, 1.82) is 0 Å². The van der Waals surface area contributed by atoms with Crippen molar-refractivity contribution in [1.82, 2.24) is 4.98 Å². The Hall–Kier alpha value is -1.58. The summed E-state index contributed by atoms with van der Waals surface area (Å²) in [5.41, 5.74) is 2.43. The molecule has 0 aliphatic heterocycles. The van der Waals surface area contributed by atoms with Gasteiger partial charge in [0, 0.05) is 20.6 Å². The number of hydrogen-bond acceptors (Lipinski definition) is 2. The third-order valence-corrected chi connectivity index (χ3v) is 4.01. The molecule has 92 valence electrons. The lowest BCUT2D eigenvalue weighted by Gasteiger charge is -2.01. The molecule has 4 heteroatoms. The van der Waals surface area contributed by atoms with Crippen LogP contribution >= 0.6 is 27.5 Å². The minimum Gasteiger partial charge on any atom is -0.454 e. The van der Waals surface area contributed by atoms with E-state index in [1.165, 1.54) is 0 Å².